The summed E-state index contributed by atoms with van der Waals surface area (Å²) in [5, 5.41) is 20.3. The summed E-state index contributed by atoms with van der Waals surface area (Å²) in [5.41, 5.74) is 6.06. The molecular weight excluding hydrogens is 458 g/mol. The van der Waals surface area contributed by atoms with Crippen LogP contribution in [0.15, 0.2) is 76.9 Å². The molecule has 2 saturated carbocycles. The van der Waals surface area contributed by atoms with Crippen LogP contribution in [0.5, 0.6) is 0 Å². The van der Waals surface area contributed by atoms with Gasteiger partial charge in [-0.1, -0.05) is 82.7 Å². The van der Waals surface area contributed by atoms with Gasteiger partial charge in [-0.05, 0) is 73.0 Å². The van der Waals surface area contributed by atoms with Gasteiger partial charge >= 0.3 is 0 Å². The number of aliphatic imine (C=N–C) groups is 1. The molecule has 4 heteroatoms. The molecule has 0 aromatic rings. The standard InChI is InChI=1S/C33H49NO3/c1-8-19-37-22-34-31(32(4,5)6)13-9-11-23(2)28-16-17-29-25(12-10-18-33(28,29)7)14-15-26-20-27(35)21-30(36)24(26)3/h8-9,13-16,23,27,29-30,35-36H,1,3,10-12,17-22H2,2,4-7H3/b13-9+,25-14+,26-15-,34-31+/t23-,27-,29+,30+,33-/m1/s1. The quantitative estimate of drug-likeness (QED) is 0.196. The Balaban J connectivity index is 1.69. The smallest absolute Gasteiger partial charge is 0.138 e. The fraction of sp³-hybridized carbons (Fsp3) is 0.606. The SMILES string of the molecule is C=CCOC/N=C(\C=C\C[C@@H](C)C1=CC[C@H]2/C(=C/C=C3/C[C@@H](O)C[C@H](O)C3=C)CCC[C@]12C)C(C)(C)C. The number of fused-ring (bicyclic) bond motifs is 1. The normalized spacial score (nSPS) is 32.2. The summed E-state index contributed by atoms with van der Waals surface area (Å²) in [4.78, 5) is 4.68. The molecule has 0 aromatic heterocycles. The lowest BCUT2D eigenvalue weighted by atomic mass is 9.62. The first kappa shape index (κ1) is 29.5. The maximum absolute atomic E-state index is 10.2. The molecule has 4 nitrogen and oxygen atoms in total. The lowest BCUT2D eigenvalue weighted by molar-refractivity contribution is 0.0862. The topological polar surface area (TPSA) is 62.0 Å². The van der Waals surface area contributed by atoms with Crippen molar-refractivity contribution in [2.45, 2.75) is 91.8 Å². The first-order chi connectivity index (χ1) is 17.5. The van der Waals surface area contributed by atoms with Crippen LogP contribution in [0.25, 0.3) is 0 Å². The lowest BCUT2D eigenvalue weighted by Gasteiger charge is -2.42. The van der Waals surface area contributed by atoms with E-state index in [0.29, 0.717) is 38.0 Å². The number of hydrogen-bond acceptors (Lipinski definition) is 4. The summed E-state index contributed by atoms with van der Waals surface area (Å²) in [5.74, 6) is 1.01. The zero-order valence-corrected chi connectivity index (χ0v) is 23.8. The molecule has 0 unspecified atom stereocenters. The van der Waals surface area contributed by atoms with Crippen molar-refractivity contribution in [2.24, 2.45) is 27.7 Å². The largest absolute Gasteiger partial charge is 0.393 e. The molecule has 5 atom stereocenters. The van der Waals surface area contributed by atoms with Gasteiger partial charge in [-0.3, -0.25) is 4.99 Å². The fourth-order valence-electron chi connectivity index (χ4n) is 6.38. The van der Waals surface area contributed by atoms with Crippen molar-refractivity contribution in [1.82, 2.24) is 0 Å². The van der Waals surface area contributed by atoms with Crippen LogP contribution in [0.2, 0.25) is 0 Å². The van der Waals surface area contributed by atoms with E-state index in [4.69, 9.17) is 4.74 Å². The Morgan fingerprint density at radius 3 is 2.76 bits per heavy atom. The summed E-state index contributed by atoms with van der Waals surface area (Å²) in [6.07, 6.45) is 18.6. The monoisotopic (exact) mass is 507 g/mol. The molecule has 0 radical (unpaired) electrons. The molecule has 204 valence electrons. The molecule has 0 bridgehead atoms. The molecule has 0 spiro atoms. The highest BCUT2D eigenvalue weighted by atomic mass is 16.5. The number of rotatable bonds is 9. The van der Waals surface area contributed by atoms with Crippen LogP contribution < -0.4 is 0 Å². The van der Waals surface area contributed by atoms with Gasteiger partial charge in [0.15, 0.2) is 0 Å². The first-order valence-electron chi connectivity index (χ1n) is 14.0. The number of nitrogens with zero attached hydrogens (tertiary/aromatic N) is 1. The molecular formula is C33H49NO3. The van der Waals surface area contributed by atoms with E-state index in [-0.39, 0.29) is 10.8 Å². The Kier molecular flexibility index (Phi) is 10.1. The molecule has 0 amide bonds. The summed E-state index contributed by atoms with van der Waals surface area (Å²) < 4.78 is 5.49. The number of aliphatic hydroxyl groups is 2. The van der Waals surface area contributed by atoms with Crippen molar-refractivity contribution in [3.8, 4) is 0 Å². The van der Waals surface area contributed by atoms with E-state index in [2.05, 4.69) is 83.1 Å². The Labute approximate surface area is 225 Å². The summed E-state index contributed by atoms with van der Waals surface area (Å²) >= 11 is 0. The van der Waals surface area contributed by atoms with Gasteiger partial charge in [0.2, 0.25) is 0 Å². The van der Waals surface area contributed by atoms with Crippen LogP contribution in [0.1, 0.15) is 79.6 Å². The summed E-state index contributed by atoms with van der Waals surface area (Å²) in [6, 6.07) is 0. The molecule has 37 heavy (non-hydrogen) atoms. The van der Waals surface area contributed by atoms with Gasteiger partial charge in [-0.15, -0.1) is 6.58 Å². The van der Waals surface area contributed by atoms with Crippen LogP contribution in [0.4, 0.5) is 0 Å². The molecule has 0 aromatic carbocycles. The van der Waals surface area contributed by atoms with Crippen LogP contribution in [0.3, 0.4) is 0 Å². The van der Waals surface area contributed by atoms with E-state index in [1.807, 2.05) is 0 Å². The van der Waals surface area contributed by atoms with Crippen molar-refractivity contribution in [3.05, 3.63) is 71.9 Å². The molecule has 3 aliphatic rings. The molecule has 3 aliphatic carbocycles. The predicted octanol–water partition coefficient (Wildman–Crippen LogP) is 7.28. The van der Waals surface area contributed by atoms with Crippen LogP contribution in [0, 0.1) is 22.7 Å². The van der Waals surface area contributed by atoms with Crippen molar-refractivity contribution in [1.29, 1.82) is 0 Å². The zero-order chi connectivity index (χ0) is 27.2. The highest BCUT2D eigenvalue weighted by Crippen LogP contribution is 2.57. The Bertz CT molecular complexity index is 990. The minimum absolute atomic E-state index is 0.0335. The van der Waals surface area contributed by atoms with E-state index in [9.17, 15) is 10.2 Å². The lowest BCUT2D eigenvalue weighted by Crippen LogP contribution is -2.32. The number of hydrogen-bond donors (Lipinski definition) is 2. The van der Waals surface area contributed by atoms with Crippen LogP contribution >= 0.6 is 0 Å². The third-order valence-electron chi connectivity index (χ3n) is 8.50. The second kappa shape index (κ2) is 12.7. The highest BCUT2D eigenvalue weighted by Gasteiger charge is 2.45. The molecule has 0 saturated heterocycles. The van der Waals surface area contributed by atoms with Crippen molar-refractivity contribution in [2.75, 3.05) is 13.3 Å². The van der Waals surface area contributed by atoms with E-state index < -0.39 is 12.2 Å². The predicted molar refractivity (Wildman–Crippen MR) is 156 cm³/mol. The third kappa shape index (κ3) is 7.31. The van der Waals surface area contributed by atoms with Crippen molar-refractivity contribution in [3.63, 3.8) is 0 Å². The highest BCUT2D eigenvalue weighted by molar-refractivity contribution is 5.98. The maximum Gasteiger partial charge on any atom is 0.138 e. The Hall–Kier alpha value is -2.01. The minimum Gasteiger partial charge on any atom is -0.393 e. The Morgan fingerprint density at radius 1 is 1.30 bits per heavy atom. The fourth-order valence-corrected chi connectivity index (χ4v) is 6.38. The average molecular weight is 508 g/mol. The maximum atomic E-state index is 10.2. The average Bonchev–Trinajstić information content (AvgIpc) is 3.18. The number of aliphatic hydroxyl groups excluding tert-OH is 2. The zero-order valence-electron chi connectivity index (χ0n) is 23.8. The van der Waals surface area contributed by atoms with Gasteiger partial charge in [0, 0.05) is 17.5 Å². The first-order valence-corrected chi connectivity index (χ1v) is 14.0. The van der Waals surface area contributed by atoms with Crippen LogP contribution in [-0.2, 0) is 4.74 Å². The molecule has 2 N–H and O–H groups in total. The van der Waals surface area contributed by atoms with Gasteiger partial charge in [0.1, 0.15) is 6.73 Å². The summed E-state index contributed by atoms with van der Waals surface area (Å²) in [7, 11) is 0. The van der Waals surface area contributed by atoms with Crippen LogP contribution in [-0.4, -0.2) is 41.5 Å². The number of ether oxygens (including phenoxy) is 1. The minimum atomic E-state index is -0.637. The van der Waals surface area contributed by atoms with E-state index in [0.717, 1.165) is 36.1 Å². The number of allylic oxidation sites excluding steroid dienone is 7. The van der Waals surface area contributed by atoms with Crippen molar-refractivity contribution < 1.29 is 14.9 Å². The second-order valence-corrected chi connectivity index (χ2v) is 12.4. The van der Waals surface area contributed by atoms with Gasteiger partial charge in [0.05, 0.1) is 18.8 Å². The van der Waals surface area contributed by atoms with Crippen molar-refractivity contribution >= 4 is 5.71 Å². The van der Waals surface area contributed by atoms with Gasteiger partial charge in [0.25, 0.3) is 0 Å². The third-order valence-corrected chi connectivity index (χ3v) is 8.50. The van der Waals surface area contributed by atoms with E-state index in [1.54, 1.807) is 11.6 Å². The molecule has 0 aliphatic heterocycles. The van der Waals surface area contributed by atoms with Gasteiger partial charge in [-0.2, -0.15) is 0 Å². The molecule has 2 fully saturated rings. The van der Waals surface area contributed by atoms with Gasteiger partial charge in [-0.25, -0.2) is 0 Å². The molecule has 3 rings (SSSR count). The van der Waals surface area contributed by atoms with Gasteiger partial charge < -0.3 is 14.9 Å². The molecule has 0 heterocycles. The van der Waals surface area contributed by atoms with E-state index >= 15 is 0 Å². The Morgan fingerprint density at radius 2 is 2.05 bits per heavy atom. The summed E-state index contributed by atoms with van der Waals surface area (Å²) in [6.45, 7) is 20.0. The second-order valence-electron chi connectivity index (χ2n) is 12.4. The van der Waals surface area contributed by atoms with E-state index in [1.165, 1.54) is 18.4 Å².